The fourth-order valence-corrected chi connectivity index (χ4v) is 1.55. The van der Waals surface area contributed by atoms with Crippen molar-refractivity contribution in [2.24, 2.45) is 0 Å². The molecule has 20 heavy (non-hydrogen) atoms. The number of ether oxygens (including phenoxy) is 1. The molecule has 0 aromatic heterocycles. The number of hydrogen-bond acceptors (Lipinski definition) is 3. The Bertz CT molecular complexity index is 508. The van der Waals surface area contributed by atoms with E-state index in [2.05, 4.69) is 0 Å². The van der Waals surface area contributed by atoms with E-state index in [1.165, 1.54) is 30.1 Å². The van der Waals surface area contributed by atoms with Gasteiger partial charge in [-0.15, -0.1) is 0 Å². The van der Waals surface area contributed by atoms with E-state index in [1.54, 1.807) is 33.8 Å². The zero-order chi connectivity index (χ0) is 15.5. The van der Waals surface area contributed by atoms with Gasteiger partial charge in [0, 0.05) is 7.05 Å². The lowest BCUT2D eigenvalue weighted by molar-refractivity contribution is 0.0230. The summed E-state index contributed by atoms with van der Waals surface area (Å²) in [6.45, 7) is 6.75. The molecule has 110 valence electrons. The molecule has 0 aliphatic carbocycles. The highest BCUT2D eigenvalue weighted by Crippen LogP contribution is 2.15. The predicted molar refractivity (Wildman–Crippen MR) is 74.2 cm³/mol. The van der Waals surface area contributed by atoms with Crippen molar-refractivity contribution in [2.75, 3.05) is 7.05 Å². The van der Waals surface area contributed by atoms with Crippen molar-refractivity contribution >= 4 is 11.9 Å². The minimum Gasteiger partial charge on any atom is -0.444 e. The van der Waals surface area contributed by atoms with Crippen molar-refractivity contribution in [3.8, 4) is 0 Å². The Balaban J connectivity index is 2.84. The fourth-order valence-electron chi connectivity index (χ4n) is 1.55. The molecular formula is C15H20FNO3. The number of halogens is 1. The maximum absolute atomic E-state index is 13.6. The van der Waals surface area contributed by atoms with Crippen LogP contribution in [0.5, 0.6) is 0 Å². The quantitative estimate of drug-likeness (QED) is 0.799. The number of carbonyl (C=O) groups is 2. The second-order valence-electron chi connectivity index (χ2n) is 5.61. The second-order valence-corrected chi connectivity index (χ2v) is 5.61. The van der Waals surface area contributed by atoms with Crippen molar-refractivity contribution in [3.63, 3.8) is 0 Å². The Hall–Kier alpha value is -1.91. The molecule has 1 aromatic carbocycles. The largest absolute Gasteiger partial charge is 0.444 e. The smallest absolute Gasteiger partial charge is 0.410 e. The van der Waals surface area contributed by atoms with Gasteiger partial charge in [-0.1, -0.05) is 12.1 Å². The first-order chi connectivity index (χ1) is 9.13. The van der Waals surface area contributed by atoms with Gasteiger partial charge in [0.05, 0.1) is 11.6 Å². The van der Waals surface area contributed by atoms with Crippen LogP contribution in [0.25, 0.3) is 0 Å². The molecule has 0 saturated heterocycles. The van der Waals surface area contributed by atoms with Gasteiger partial charge in [0.15, 0.2) is 5.78 Å². The number of rotatable bonds is 3. The summed E-state index contributed by atoms with van der Waals surface area (Å²) in [5.74, 6) is -1.06. The molecule has 0 fully saturated rings. The number of likely N-dealkylation sites (N-methyl/N-ethyl adjacent to an activating group) is 1. The molecule has 0 saturated carbocycles. The normalized spacial score (nSPS) is 12.7. The number of carbonyl (C=O) groups excluding carboxylic acids is 2. The van der Waals surface area contributed by atoms with Gasteiger partial charge >= 0.3 is 6.09 Å². The van der Waals surface area contributed by atoms with E-state index >= 15 is 0 Å². The lowest BCUT2D eigenvalue weighted by Crippen LogP contribution is -2.43. The highest BCUT2D eigenvalue weighted by atomic mass is 19.1. The van der Waals surface area contributed by atoms with E-state index < -0.39 is 29.3 Å². The van der Waals surface area contributed by atoms with Crippen LogP contribution in [0.4, 0.5) is 9.18 Å². The Morgan fingerprint density at radius 3 is 2.30 bits per heavy atom. The molecule has 1 unspecified atom stereocenters. The molecule has 0 heterocycles. The summed E-state index contributed by atoms with van der Waals surface area (Å²) < 4.78 is 18.8. The van der Waals surface area contributed by atoms with Crippen molar-refractivity contribution in [1.29, 1.82) is 0 Å². The van der Waals surface area contributed by atoms with Crippen molar-refractivity contribution < 1.29 is 18.7 Å². The van der Waals surface area contributed by atoms with Crippen LogP contribution in [0.1, 0.15) is 38.1 Å². The topological polar surface area (TPSA) is 46.6 Å². The number of benzene rings is 1. The third-order valence-electron chi connectivity index (χ3n) is 2.78. The zero-order valence-corrected chi connectivity index (χ0v) is 12.4. The second kappa shape index (κ2) is 6.03. The molecule has 1 rings (SSSR count). The Morgan fingerprint density at radius 1 is 1.25 bits per heavy atom. The summed E-state index contributed by atoms with van der Waals surface area (Å²) in [5, 5.41) is 0. The Kier molecular flexibility index (Phi) is 4.87. The lowest BCUT2D eigenvalue weighted by atomic mass is 10.0. The lowest BCUT2D eigenvalue weighted by Gasteiger charge is -2.28. The van der Waals surface area contributed by atoms with E-state index in [4.69, 9.17) is 4.74 Å². The van der Waals surface area contributed by atoms with Crippen molar-refractivity contribution in [3.05, 3.63) is 35.6 Å². The van der Waals surface area contributed by atoms with Crippen molar-refractivity contribution in [2.45, 2.75) is 39.3 Å². The zero-order valence-electron chi connectivity index (χ0n) is 12.4. The highest BCUT2D eigenvalue weighted by Gasteiger charge is 2.28. The number of ketones is 1. The highest BCUT2D eigenvalue weighted by molar-refractivity contribution is 6.01. The molecule has 0 aliphatic heterocycles. The van der Waals surface area contributed by atoms with Gasteiger partial charge in [0.2, 0.25) is 0 Å². The van der Waals surface area contributed by atoms with Gasteiger partial charge in [0.1, 0.15) is 11.4 Å². The third-order valence-corrected chi connectivity index (χ3v) is 2.78. The summed E-state index contributed by atoms with van der Waals surface area (Å²) in [4.78, 5) is 25.2. The van der Waals surface area contributed by atoms with Crippen LogP contribution in [0.15, 0.2) is 24.3 Å². The first-order valence-electron chi connectivity index (χ1n) is 6.38. The average molecular weight is 281 g/mol. The molecule has 0 radical (unpaired) electrons. The standard InChI is InChI=1S/C15H20FNO3/c1-10(17(5)14(19)20-15(2,3)4)13(18)11-8-6-7-9-12(11)16/h6-10H,1-5H3. The SMILES string of the molecule is CC(C(=O)c1ccccc1F)N(C)C(=O)OC(C)(C)C. The molecule has 4 nitrogen and oxygen atoms in total. The van der Waals surface area contributed by atoms with E-state index in [0.717, 1.165) is 0 Å². The van der Waals surface area contributed by atoms with Gasteiger partial charge < -0.3 is 9.64 Å². The van der Waals surface area contributed by atoms with Crippen LogP contribution in [-0.4, -0.2) is 35.5 Å². The average Bonchev–Trinajstić information content (AvgIpc) is 2.34. The van der Waals surface area contributed by atoms with Crippen LogP contribution in [-0.2, 0) is 4.74 Å². The number of amides is 1. The summed E-state index contributed by atoms with van der Waals surface area (Å²) >= 11 is 0. The molecule has 1 amide bonds. The third kappa shape index (κ3) is 4.05. The first kappa shape index (κ1) is 16.1. The Labute approximate surface area is 118 Å². The van der Waals surface area contributed by atoms with Crippen LogP contribution < -0.4 is 0 Å². The first-order valence-corrected chi connectivity index (χ1v) is 6.38. The van der Waals surface area contributed by atoms with Crippen LogP contribution >= 0.6 is 0 Å². The summed E-state index contributed by atoms with van der Waals surface area (Å²) in [7, 11) is 1.46. The molecule has 0 aliphatic rings. The molecule has 0 N–H and O–H groups in total. The van der Waals surface area contributed by atoms with E-state index in [0.29, 0.717) is 0 Å². The van der Waals surface area contributed by atoms with Crippen molar-refractivity contribution in [1.82, 2.24) is 4.90 Å². The molecule has 0 spiro atoms. The van der Waals surface area contributed by atoms with Gasteiger partial charge in [-0.2, -0.15) is 0 Å². The number of nitrogens with zero attached hydrogens (tertiary/aromatic N) is 1. The maximum atomic E-state index is 13.6. The monoisotopic (exact) mass is 281 g/mol. The minimum atomic E-state index is -0.804. The van der Waals surface area contributed by atoms with Crippen LogP contribution in [0.2, 0.25) is 0 Å². The number of Topliss-reactive ketones (excluding diaryl/α,β-unsaturated/α-hetero) is 1. The Morgan fingerprint density at radius 2 is 1.80 bits per heavy atom. The maximum Gasteiger partial charge on any atom is 0.410 e. The molecule has 5 heteroatoms. The molecular weight excluding hydrogens is 261 g/mol. The van der Waals surface area contributed by atoms with Gasteiger partial charge in [0.25, 0.3) is 0 Å². The van der Waals surface area contributed by atoms with Gasteiger partial charge in [-0.25, -0.2) is 9.18 Å². The van der Waals surface area contributed by atoms with Crippen LogP contribution in [0.3, 0.4) is 0 Å². The van der Waals surface area contributed by atoms with Gasteiger partial charge in [-0.3, -0.25) is 4.79 Å². The fraction of sp³-hybridized carbons (Fsp3) is 0.467. The molecule has 1 aromatic rings. The summed E-state index contributed by atoms with van der Waals surface area (Å²) in [6.07, 6.45) is -0.616. The van der Waals surface area contributed by atoms with E-state index in [1.807, 2.05) is 0 Å². The minimum absolute atomic E-state index is 0.0320. The van der Waals surface area contributed by atoms with Crippen LogP contribution in [0, 0.1) is 5.82 Å². The number of hydrogen-bond donors (Lipinski definition) is 0. The van der Waals surface area contributed by atoms with E-state index in [-0.39, 0.29) is 5.56 Å². The molecule has 1 atom stereocenters. The van der Waals surface area contributed by atoms with E-state index in [9.17, 15) is 14.0 Å². The molecule has 0 bridgehead atoms. The van der Waals surface area contributed by atoms with Gasteiger partial charge in [-0.05, 0) is 39.8 Å². The summed E-state index contributed by atoms with van der Waals surface area (Å²) in [5.41, 5.74) is -0.679. The summed E-state index contributed by atoms with van der Waals surface area (Å²) in [6, 6.07) is 4.90. The predicted octanol–water partition coefficient (Wildman–Crippen LogP) is 3.26.